The van der Waals surface area contributed by atoms with Crippen molar-refractivity contribution >= 4 is 0 Å². The molecule has 2 bridgehead atoms. The van der Waals surface area contributed by atoms with E-state index >= 15 is 0 Å². The van der Waals surface area contributed by atoms with Crippen molar-refractivity contribution in [3.05, 3.63) is 0 Å². The van der Waals surface area contributed by atoms with Gasteiger partial charge in [-0.2, -0.15) is 0 Å². The maximum atomic E-state index is 3.58. The maximum Gasteiger partial charge on any atom is 0.00798 e. The van der Waals surface area contributed by atoms with Crippen molar-refractivity contribution in [1.82, 2.24) is 10.2 Å². The number of nitrogens with zero attached hydrogens (tertiary/aromatic N) is 1. The zero-order valence-electron chi connectivity index (χ0n) is 7.68. The smallest absolute Gasteiger partial charge is 0.00798 e. The van der Waals surface area contributed by atoms with Crippen LogP contribution in [0.2, 0.25) is 0 Å². The lowest BCUT2D eigenvalue weighted by Gasteiger charge is -2.39. The molecule has 0 radical (unpaired) electrons. The molecule has 3 aliphatic heterocycles. The number of hydrogen-bond donors (Lipinski definition) is 1. The van der Waals surface area contributed by atoms with Gasteiger partial charge < -0.3 is 10.2 Å². The van der Waals surface area contributed by atoms with Crippen molar-refractivity contribution in [2.45, 2.75) is 31.7 Å². The Morgan fingerprint density at radius 3 is 2.58 bits per heavy atom. The van der Waals surface area contributed by atoms with Gasteiger partial charge in [-0.3, -0.25) is 0 Å². The van der Waals surface area contributed by atoms with E-state index in [0.29, 0.717) is 0 Å². The molecule has 0 aromatic heterocycles. The van der Waals surface area contributed by atoms with Gasteiger partial charge in [-0.05, 0) is 44.2 Å². The molecule has 2 heteroatoms. The molecule has 0 spiro atoms. The molecular weight excluding hydrogens is 148 g/mol. The Hall–Kier alpha value is -0.0800. The average Bonchev–Trinajstić information content (AvgIpc) is 2.61. The molecule has 0 aromatic rings. The quantitative estimate of drug-likeness (QED) is 0.654. The van der Waals surface area contributed by atoms with Crippen LogP contribution in [0, 0.1) is 5.41 Å². The molecule has 0 unspecified atom stereocenters. The summed E-state index contributed by atoms with van der Waals surface area (Å²) in [6.07, 6.45) is 5.80. The Morgan fingerprint density at radius 2 is 2.00 bits per heavy atom. The molecule has 1 N–H and O–H groups in total. The molecule has 4 rings (SSSR count). The lowest BCUT2D eigenvalue weighted by Crippen LogP contribution is -2.43. The van der Waals surface area contributed by atoms with Crippen molar-refractivity contribution in [3.8, 4) is 0 Å². The number of likely N-dealkylation sites (tertiary alicyclic amines) is 1. The summed E-state index contributed by atoms with van der Waals surface area (Å²) in [5.41, 5.74) is 0.717. The van der Waals surface area contributed by atoms with Gasteiger partial charge in [-0.25, -0.2) is 0 Å². The summed E-state index contributed by atoms with van der Waals surface area (Å²) < 4.78 is 0. The molecule has 1 saturated carbocycles. The molecule has 4 aliphatic rings. The first-order chi connectivity index (χ1) is 5.86. The summed E-state index contributed by atoms with van der Waals surface area (Å²) in [6.45, 7) is 5.42. The highest BCUT2D eigenvalue weighted by Gasteiger charge is 2.50. The van der Waals surface area contributed by atoms with E-state index in [2.05, 4.69) is 10.2 Å². The zero-order valence-corrected chi connectivity index (χ0v) is 7.68. The fourth-order valence-corrected chi connectivity index (χ4v) is 3.24. The molecule has 12 heavy (non-hydrogen) atoms. The van der Waals surface area contributed by atoms with Crippen LogP contribution in [0.5, 0.6) is 0 Å². The summed E-state index contributed by atoms with van der Waals surface area (Å²) in [5.74, 6) is 0. The first kappa shape index (κ1) is 7.34. The highest BCUT2D eigenvalue weighted by atomic mass is 15.2. The summed E-state index contributed by atoms with van der Waals surface area (Å²) in [4.78, 5) is 2.67. The second kappa shape index (κ2) is 2.46. The third-order valence-electron chi connectivity index (χ3n) is 3.88. The van der Waals surface area contributed by atoms with E-state index < -0.39 is 0 Å². The van der Waals surface area contributed by atoms with Crippen molar-refractivity contribution in [3.63, 3.8) is 0 Å². The van der Waals surface area contributed by atoms with Crippen LogP contribution >= 0.6 is 0 Å². The molecule has 0 aromatic carbocycles. The minimum Gasteiger partial charge on any atom is -0.313 e. The lowest BCUT2D eigenvalue weighted by molar-refractivity contribution is 0.124. The van der Waals surface area contributed by atoms with Crippen LogP contribution < -0.4 is 5.32 Å². The molecule has 4 fully saturated rings. The third-order valence-corrected chi connectivity index (χ3v) is 3.88. The fraction of sp³-hybridized carbons (Fsp3) is 1.00. The second-order valence-electron chi connectivity index (χ2n) is 4.97. The van der Waals surface area contributed by atoms with Gasteiger partial charge in [0, 0.05) is 19.1 Å². The largest absolute Gasteiger partial charge is 0.313 e. The van der Waals surface area contributed by atoms with E-state index in [-0.39, 0.29) is 0 Å². The average molecular weight is 166 g/mol. The number of nitrogens with one attached hydrogen (secondary N) is 1. The molecule has 3 heterocycles. The summed E-state index contributed by atoms with van der Waals surface area (Å²) in [6, 6.07) is 0.896. The third kappa shape index (κ3) is 1.01. The summed E-state index contributed by atoms with van der Waals surface area (Å²) >= 11 is 0. The molecule has 1 aliphatic carbocycles. The van der Waals surface area contributed by atoms with Crippen LogP contribution in [0.4, 0.5) is 0 Å². The number of fused-ring (bicyclic) bond motifs is 1. The normalized spacial score (nSPS) is 46.5. The molecule has 0 atom stereocenters. The van der Waals surface area contributed by atoms with Crippen molar-refractivity contribution in [2.24, 2.45) is 5.41 Å². The number of hydrogen-bond acceptors (Lipinski definition) is 2. The Kier molecular flexibility index (Phi) is 1.50. The van der Waals surface area contributed by atoms with E-state index in [9.17, 15) is 0 Å². The molecular formula is C10H18N2. The first-order valence-electron chi connectivity index (χ1n) is 5.32. The topological polar surface area (TPSA) is 15.3 Å². The monoisotopic (exact) mass is 166 g/mol. The molecule has 68 valence electrons. The molecule has 0 amide bonds. The maximum absolute atomic E-state index is 3.58. The highest BCUT2D eigenvalue weighted by molar-refractivity contribution is 5.07. The van der Waals surface area contributed by atoms with Gasteiger partial charge in [0.15, 0.2) is 0 Å². The van der Waals surface area contributed by atoms with E-state index in [1.165, 1.54) is 51.9 Å². The van der Waals surface area contributed by atoms with Crippen molar-refractivity contribution < 1.29 is 0 Å². The second-order valence-corrected chi connectivity index (χ2v) is 4.97. The standard InChI is InChI=1S/C10H18N2/c1-2-4-12(3-1)8-10-5-9(6-10)11-7-10/h9,11H,1-8H2. The Bertz CT molecular complexity index is 173. The minimum absolute atomic E-state index is 0.717. The fourth-order valence-electron chi connectivity index (χ4n) is 3.24. The summed E-state index contributed by atoms with van der Waals surface area (Å²) in [7, 11) is 0. The SMILES string of the molecule is C1CCN(CC23CNC(C2)C3)C1. The minimum atomic E-state index is 0.717. The molecule has 2 nitrogen and oxygen atoms in total. The predicted octanol–water partition coefficient (Wildman–Crippen LogP) is 0.834. The van der Waals surface area contributed by atoms with Crippen LogP contribution in [0.3, 0.4) is 0 Å². The number of rotatable bonds is 2. The van der Waals surface area contributed by atoms with Gasteiger partial charge in [0.1, 0.15) is 0 Å². The van der Waals surface area contributed by atoms with E-state index in [1.807, 2.05) is 0 Å². The van der Waals surface area contributed by atoms with Gasteiger partial charge in [-0.15, -0.1) is 0 Å². The van der Waals surface area contributed by atoms with Crippen LogP contribution in [0.25, 0.3) is 0 Å². The predicted molar refractivity (Wildman–Crippen MR) is 49.1 cm³/mol. The Morgan fingerprint density at radius 1 is 1.25 bits per heavy atom. The van der Waals surface area contributed by atoms with E-state index in [1.54, 1.807) is 0 Å². The Balaban J connectivity index is 1.60. The lowest BCUT2D eigenvalue weighted by atomic mass is 9.70. The van der Waals surface area contributed by atoms with E-state index in [4.69, 9.17) is 0 Å². The van der Waals surface area contributed by atoms with Crippen molar-refractivity contribution in [2.75, 3.05) is 26.2 Å². The summed E-state index contributed by atoms with van der Waals surface area (Å²) in [5, 5.41) is 3.58. The van der Waals surface area contributed by atoms with Crippen LogP contribution in [-0.4, -0.2) is 37.1 Å². The highest BCUT2D eigenvalue weighted by Crippen LogP contribution is 2.46. The van der Waals surface area contributed by atoms with Gasteiger partial charge in [0.25, 0.3) is 0 Å². The zero-order chi connectivity index (χ0) is 8.02. The first-order valence-corrected chi connectivity index (χ1v) is 5.32. The van der Waals surface area contributed by atoms with Crippen molar-refractivity contribution in [1.29, 1.82) is 0 Å². The van der Waals surface area contributed by atoms with Gasteiger partial charge in [-0.1, -0.05) is 0 Å². The van der Waals surface area contributed by atoms with E-state index in [0.717, 1.165) is 11.5 Å². The van der Waals surface area contributed by atoms with Crippen LogP contribution in [0.1, 0.15) is 25.7 Å². The Labute approximate surface area is 74.3 Å². The van der Waals surface area contributed by atoms with Crippen LogP contribution in [-0.2, 0) is 0 Å². The van der Waals surface area contributed by atoms with Gasteiger partial charge in [0.2, 0.25) is 0 Å². The van der Waals surface area contributed by atoms with Gasteiger partial charge in [0.05, 0.1) is 0 Å². The van der Waals surface area contributed by atoms with Gasteiger partial charge >= 0.3 is 0 Å². The van der Waals surface area contributed by atoms with Crippen LogP contribution in [0.15, 0.2) is 0 Å². The molecule has 3 saturated heterocycles.